The molecule has 0 radical (unpaired) electrons. The van der Waals surface area contributed by atoms with Gasteiger partial charge in [0.25, 0.3) is 11.8 Å². The van der Waals surface area contributed by atoms with Crippen LogP contribution in [0.15, 0.2) is 36.7 Å². The number of piperidine rings is 1. The molecule has 1 N–H and O–H groups in total. The molecule has 4 amide bonds. The molecule has 1 aromatic carbocycles. The van der Waals surface area contributed by atoms with Gasteiger partial charge in [0, 0.05) is 73.9 Å². The van der Waals surface area contributed by atoms with Crippen LogP contribution in [-0.4, -0.2) is 70.6 Å². The fourth-order valence-corrected chi connectivity index (χ4v) is 4.72. The summed E-state index contributed by atoms with van der Waals surface area (Å²) in [6, 6.07) is 5.19. The van der Waals surface area contributed by atoms with Crippen molar-refractivity contribution in [3.05, 3.63) is 59.2 Å². The third-order valence-electron chi connectivity index (χ3n) is 6.43. The number of rotatable bonds is 3. The van der Waals surface area contributed by atoms with Gasteiger partial charge >= 0.3 is 0 Å². The van der Waals surface area contributed by atoms with Crippen molar-refractivity contribution >= 4 is 29.3 Å². The summed E-state index contributed by atoms with van der Waals surface area (Å²) in [5, 5.41) is 2.27. The fourth-order valence-electron chi connectivity index (χ4n) is 4.72. The third-order valence-corrected chi connectivity index (χ3v) is 6.43. The maximum absolute atomic E-state index is 14.5. The zero-order chi connectivity index (χ0) is 23.1. The van der Waals surface area contributed by atoms with E-state index >= 15 is 0 Å². The lowest BCUT2D eigenvalue weighted by atomic mass is 10.0. The van der Waals surface area contributed by atoms with E-state index in [1.807, 2.05) is 4.90 Å². The molecule has 5 rings (SSSR count). The van der Waals surface area contributed by atoms with Crippen molar-refractivity contribution < 1.29 is 23.6 Å². The summed E-state index contributed by atoms with van der Waals surface area (Å²) in [6.07, 6.45) is 3.55. The monoisotopic (exact) mass is 451 g/mol. The van der Waals surface area contributed by atoms with Crippen LogP contribution in [0.1, 0.15) is 39.1 Å². The van der Waals surface area contributed by atoms with Gasteiger partial charge in [-0.3, -0.25) is 29.5 Å². The first-order valence-electron chi connectivity index (χ1n) is 10.8. The summed E-state index contributed by atoms with van der Waals surface area (Å²) in [4.78, 5) is 58.6. The Morgan fingerprint density at radius 3 is 2.48 bits per heavy atom. The summed E-state index contributed by atoms with van der Waals surface area (Å²) in [5.41, 5.74) is 2.07. The smallest absolute Gasteiger partial charge is 0.255 e. The van der Waals surface area contributed by atoms with E-state index in [0.29, 0.717) is 43.0 Å². The highest BCUT2D eigenvalue weighted by molar-refractivity contribution is 6.06. The highest BCUT2D eigenvalue weighted by atomic mass is 19.1. The number of anilines is 1. The minimum Gasteiger partial charge on any atom is -0.368 e. The third kappa shape index (κ3) is 3.81. The van der Waals surface area contributed by atoms with Crippen molar-refractivity contribution in [2.24, 2.45) is 0 Å². The Morgan fingerprint density at radius 2 is 1.79 bits per heavy atom. The second kappa shape index (κ2) is 8.27. The van der Waals surface area contributed by atoms with E-state index in [4.69, 9.17) is 0 Å². The van der Waals surface area contributed by atoms with E-state index in [1.165, 1.54) is 17.0 Å². The minimum atomic E-state index is -0.756. The number of nitrogens with zero attached hydrogens (tertiary/aromatic N) is 4. The van der Waals surface area contributed by atoms with Crippen molar-refractivity contribution in [3.8, 4) is 0 Å². The molecule has 0 bridgehead atoms. The van der Waals surface area contributed by atoms with Crippen molar-refractivity contribution in [1.29, 1.82) is 0 Å². The number of imide groups is 1. The maximum Gasteiger partial charge on any atom is 0.255 e. The number of halogens is 1. The molecule has 2 saturated heterocycles. The van der Waals surface area contributed by atoms with Gasteiger partial charge in [-0.2, -0.15) is 0 Å². The standard InChI is InChI=1S/C23H22FN5O4/c24-15-11-16-17(13-29(23(16)33)18-1-2-20(30)26-21(18)31)19(12-15)27-7-9-28(10-8-27)22(32)14-3-5-25-6-4-14/h3-6,11-12,18H,1-2,7-10,13H2,(H,26,30,31). The first-order chi connectivity index (χ1) is 15.9. The zero-order valence-corrected chi connectivity index (χ0v) is 17.8. The number of pyridine rings is 1. The van der Waals surface area contributed by atoms with Gasteiger partial charge in [0.05, 0.1) is 0 Å². The quantitative estimate of drug-likeness (QED) is 0.697. The average molecular weight is 451 g/mol. The molecule has 1 aromatic heterocycles. The van der Waals surface area contributed by atoms with Gasteiger partial charge in [0.1, 0.15) is 11.9 Å². The lowest BCUT2D eigenvalue weighted by Gasteiger charge is -2.37. The number of hydrogen-bond acceptors (Lipinski definition) is 6. The van der Waals surface area contributed by atoms with Crippen LogP contribution < -0.4 is 10.2 Å². The molecular weight excluding hydrogens is 429 g/mol. The topological polar surface area (TPSA) is 103 Å². The molecule has 9 nitrogen and oxygen atoms in total. The van der Waals surface area contributed by atoms with Gasteiger partial charge in [-0.15, -0.1) is 0 Å². The number of benzene rings is 1. The summed E-state index contributed by atoms with van der Waals surface area (Å²) in [6.45, 7) is 2.05. The molecule has 0 aliphatic carbocycles. The van der Waals surface area contributed by atoms with E-state index in [-0.39, 0.29) is 36.8 Å². The van der Waals surface area contributed by atoms with E-state index in [1.54, 1.807) is 29.4 Å². The second-order valence-electron chi connectivity index (χ2n) is 8.37. The van der Waals surface area contributed by atoms with Crippen LogP contribution in [0, 0.1) is 5.82 Å². The van der Waals surface area contributed by atoms with Crippen molar-refractivity contribution in [3.63, 3.8) is 0 Å². The van der Waals surface area contributed by atoms with Crippen LogP contribution in [0.2, 0.25) is 0 Å². The molecule has 10 heteroatoms. The van der Waals surface area contributed by atoms with Crippen molar-refractivity contribution in [2.45, 2.75) is 25.4 Å². The van der Waals surface area contributed by atoms with Gasteiger partial charge in [-0.05, 0) is 30.7 Å². The lowest BCUT2D eigenvalue weighted by Crippen LogP contribution is -2.52. The lowest BCUT2D eigenvalue weighted by molar-refractivity contribution is -0.136. The van der Waals surface area contributed by atoms with Crippen LogP contribution in [0.5, 0.6) is 0 Å². The van der Waals surface area contributed by atoms with Gasteiger partial charge in [-0.1, -0.05) is 0 Å². The van der Waals surface area contributed by atoms with E-state index in [0.717, 1.165) is 0 Å². The van der Waals surface area contributed by atoms with Crippen molar-refractivity contribution in [1.82, 2.24) is 20.1 Å². The highest BCUT2D eigenvalue weighted by Crippen LogP contribution is 2.35. The molecule has 1 atom stereocenters. The Labute approximate surface area is 189 Å². The molecule has 0 saturated carbocycles. The molecule has 33 heavy (non-hydrogen) atoms. The first kappa shape index (κ1) is 21.0. The van der Waals surface area contributed by atoms with Crippen LogP contribution in [0.3, 0.4) is 0 Å². The van der Waals surface area contributed by atoms with Gasteiger partial charge < -0.3 is 14.7 Å². The molecule has 1 unspecified atom stereocenters. The molecule has 170 valence electrons. The van der Waals surface area contributed by atoms with E-state index < -0.39 is 23.7 Å². The molecule has 3 aliphatic heterocycles. The highest BCUT2D eigenvalue weighted by Gasteiger charge is 2.41. The summed E-state index contributed by atoms with van der Waals surface area (Å²) < 4.78 is 14.5. The van der Waals surface area contributed by atoms with Gasteiger partial charge in [-0.25, -0.2) is 4.39 Å². The van der Waals surface area contributed by atoms with Crippen LogP contribution in [-0.2, 0) is 16.1 Å². The normalized spacial score (nSPS) is 20.7. The largest absolute Gasteiger partial charge is 0.368 e. The summed E-state index contributed by atoms with van der Waals surface area (Å²) in [5.74, 6) is -1.88. The minimum absolute atomic E-state index is 0.0827. The van der Waals surface area contributed by atoms with Crippen LogP contribution in [0.4, 0.5) is 10.1 Å². The van der Waals surface area contributed by atoms with Crippen LogP contribution >= 0.6 is 0 Å². The SMILES string of the molecule is O=C1CCC(N2Cc3c(cc(F)cc3N3CCN(C(=O)c4ccncc4)CC3)C2=O)C(=O)N1. The maximum atomic E-state index is 14.5. The van der Waals surface area contributed by atoms with E-state index in [2.05, 4.69) is 10.3 Å². The number of piperazine rings is 1. The number of fused-ring (bicyclic) bond motifs is 1. The predicted octanol–water partition coefficient (Wildman–Crippen LogP) is 0.944. The molecule has 2 aromatic rings. The Balaban J connectivity index is 1.34. The molecule has 2 fully saturated rings. The van der Waals surface area contributed by atoms with Crippen molar-refractivity contribution in [2.75, 3.05) is 31.1 Å². The molecule has 0 spiro atoms. The summed E-state index contributed by atoms with van der Waals surface area (Å²) in [7, 11) is 0. The van der Waals surface area contributed by atoms with E-state index in [9.17, 15) is 23.6 Å². The number of carbonyl (C=O) groups is 4. The number of carbonyl (C=O) groups excluding carboxylic acids is 4. The first-order valence-corrected chi connectivity index (χ1v) is 10.8. The number of nitrogens with one attached hydrogen (secondary N) is 1. The number of hydrogen-bond donors (Lipinski definition) is 1. The predicted molar refractivity (Wildman–Crippen MR) is 115 cm³/mol. The molecular formula is C23H22FN5O4. The number of amides is 4. The fraction of sp³-hybridized carbons (Fsp3) is 0.348. The van der Waals surface area contributed by atoms with Crippen LogP contribution in [0.25, 0.3) is 0 Å². The Morgan fingerprint density at radius 1 is 1.06 bits per heavy atom. The Kier molecular flexibility index (Phi) is 5.27. The van der Waals surface area contributed by atoms with Gasteiger partial charge in [0.15, 0.2) is 0 Å². The Hall–Kier alpha value is -3.82. The zero-order valence-electron chi connectivity index (χ0n) is 17.8. The number of aromatic nitrogens is 1. The Bertz CT molecular complexity index is 1150. The summed E-state index contributed by atoms with van der Waals surface area (Å²) >= 11 is 0. The molecule has 4 heterocycles. The average Bonchev–Trinajstić information content (AvgIpc) is 3.15. The molecule has 3 aliphatic rings. The second-order valence-corrected chi connectivity index (χ2v) is 8.37. The van der Waals surface area contributed by atoms with Gasteiger partial charge in [0.2, 0.25) is 11.8 Å².